The molecular weight excluding hydrogens is 205 g/mol. The molecule has 0 aromatic heterocycles. The van der Waals surface area contributed by atoms with Crippen molar-refractivity contribution < 1.29 is 12.3 Å². The highest BCUT2D eigenvalue weighted by Crippen LogP contribution is 2.31. The lowest BCUT2D eigenvalue weighted by molar-refractivity contribution is 0.546. The summed E-state index contributed by atoms with van der Waals surface area (Å²) in [6.07, 6.45) is 0. The largest absolute Gasteiger partial charge is 0.384 e. The fraction of sp³-hybridized carbons (Fsp3) is 0.333. The normalized spacial score (nSPS) is 20.2. The van der Waals surface area contributed by atoms with Gasteiger partial charge in [0, 0.05) is 18.2 Å². The lowest BCUT2D eigenvalue weighted by Crippen LogP contribution is -2.12. The highest BCUT2D eigenvalue weighted by atomic mass is 32.3. The number of benzene rings is 1. The number of hydrogen-bond donors (Lipinski definition) is 1. The van der Waals surface area contributed by atoms with Crippen LogP contribution in [0.2, 0.25) is 0 Å². The number of hydrogen-bond acceptors (Lipinski definition) is 3. The van der Waals surface area contributed by atoms with Crippen LogP contribution >= 0.6 is 0 Å². The van der Waals surface area contributed by atoms with E-state index >= 15 is 0 Å². The van der Waals surface area contributed by atoms with Gasteiger partial charge in [0.15, 0.2) is 0 Å². The Balaban J connectivity index is 2.27. The number of para-hydroxylation sites is 1. The van der Waals surface area contributed by atoms with E-state index in [4.69, 9.17) is 0 Å². The van der Waals surface area contributed by atoms with Crippen molar-refractivity contribution in [2.45, 2.75) is 5.92 Å². The van der Waals surface area contributed by atoms with Gasteiger partial charge in [-0.05, 0) is 11.6 Å². The Morgan fingerprint density at radius 1 is 1.43 bits per heavy atom. The molecule has 1 aliphatic heterocycles. The number of rotatable bonds is 2. The zero-order valence-electron chi connectivity index (χ0n) is 7.40. The average molecular weight is 215 g/mol. The Labute approximate surface area is 82.2 Å². The number of halogens is 1. The third-order valence-corrected chi connectivity index (χ3v) is 3.14. The van der Waals surface area contributed by atoms with E-state index in [9.17, 15) is 12.3 Å². The van der Waals surface area contributed by atoms with E-state index < -0.39 is 16.0 Å². The predicted octanol–water partition coefficient (Wildman–Crippen LogP) is 1.50. The van der Waals surface area contributed by atoms with E-state index in [1.165, 1.54) is 0 Å². The lowest BCUT2D eigenvalue weighted by Gasteiger charge is -2.05. The second-order valence-corrected chi connectivity index (χ2v) is 4.78. The van der Waals surface area contributed by atoms with Gasteiger partial charge in [-0.1, -0.05) is 18.2 Å². The third-order valence-electron chi connectivity index (χ3n) is 2.34. The SMILES string of the molecule is O=S(=O)(F)CC1CNc2ccccc21. The molecule has 1 aromatic carbocycles. The van der Waals surface area contributed by atoms with Crippen molar-refractivity contribution in [3.63, 3.8) is 0 Å². The van der Waals surface area contributed by atoms with Crippen molar-refractivity contribution in [2.24, 2.45) is 0 Å². The summed E-state index contributed by atoms with van der Waals surface area (Å²) in [5, 5.41) is 3.04. The standard InChI is InChI=1S/C9H10FNO2S/c10-14(12,13)6-7-5-11-9-4-2-1-3-8(7)9/h1-4,7,11H,5-6H2. The minimum atomic E-state index is -4.39. The van der Waals surface area contributed by atoms with Crippen molar-refractivity contribution in [3.05, 3.63) is 29.8 Å². The highest BCUT2D eigenvalue weighted by molar-refractivity contribution is 7.86. The van der Waals surface area contributed by atoms with Gasteiger partial charge in [0.05, 0.1) is 5.75 Å². The summed E-state index contributed by atoms with van der Waals surface area (Å²) in [5.41, 5.74) is 1.79. The summed E-state index contributed by atoms with van der Waals surface area (Å²) in [7, 11) is -4.39. The molecule has 3 nitrogen and oxygen atoms in total. The highest BCUT2D eigenvalue weighted by Gasteiger charge is 2.26. The van der Waals surface area contributed by atoms with Gasteiger partial charge >= 0.3 is 10.2 Å². The van der Waals surface area contributed by atoms with Gasteiger partial charge in [-0.15, -0.1) is 3.89 Å². The second-order valence-electron chi connectivity index (χ2n) is 3.37. The van der Waals surface area contributed by atoms with Crippen molar-refractivity contribution >= 4 is 15.9 Å². The van der Waals surface area contributed by atoms with Gasteiger partial charge in [0.25, 0.3) is 0 Å². The maximum Gasteiger partial charge on any atom is 0.303 e. The smallest absolute Gasteiger partial charge is 0.303 e. The van der Waals surface area contributed by atoms with E-state index in [1.54, 1.807) is 0 Å². The molecular formula is C9H10FNO2S. The Morgan fingerprint density at radius 3 is 2.86 bits per heavy atom. The molecule has 14 heavy (non-hydrogen) atoms. The molecule has 1 aromatic rings. The fourth-order valence-electron chi connectivity index (χ4n) is 1.75. The molecule has 76 valence electrons. The topological polar surface area (TPSA) is 46.2 Å². The molecule has 0 bridgehead atoms. The first kappa shape index (κ1) is 9.45. The van der Waals surface area contributed by atoms with Crippen LogP contribution in [0, 0.1) is 0 Å². The molecule has 0 radical (unpaired) electrons. The first-order chi connectivity index (χ1) is 6.56. The molecule has 1 atom stereocenters. The third kappa shape index (κ3) is 1.87. The molecule has 0 amide bonds. The van der Waals surface area contributed by atoms with Crippen molar-refractivity contribution in [1.82, 2.24) is 0 Å². The molecule has 0 aliphatic carbocycles. The molecule has 0 fully saturated rings. The molecule has 2 rings (SSSR count). The summed E-state index contributed by atoms with van der Waals surface area (Å²) in [6, 6.07) is 7.37. The molecule has 1 unspecified atom stereocenters. The molecule has 0 spiro atoms. The van der Waals surface area contributed by atoms with E-state index in [0.29, 0.717) is 6.54 Å². The number of anilines is 1. The molecule has 1 aliphatic rings. The summed E-state index contributed by atoms with van der Waals surface area (Å²) >= 11 is 0. The molecule has 1 heterocycles. The van der Waals surface area contributed by atoms with Gasteiger partial charge in [-0.3, -0.25) is 0 Å². The van der Waals surface area contributed by atoms with Crippen LogP contribution in [-0.4, -0.2) is 20.7 Å². The Bertz CT molecular complexity index is 444. The second kappa shape index (κ2) is 3.24. The van der Waals surface area contributed by atoms with E-state index in [-0.39, 0.29) is 5.92 Å². The quantitative estimate of drug-likeness (QED) is 0.760. The van der Waals surface area contributed by atoms with Gasteiger partial charge in [-0.25, -0.2) is 0 Å². The van der Waals surface area contributed by atoms with Gasteiger partial charge in [0.2, 0.25) is 0 Å². The zero-order chi connectivity index (χ0) is 10.2. The Morgan fingerprint density at radius 2 is 2.14 bits per heavy atom. The van der Waals surface area contributed by atoms with Crippen LogP contribution in [0.5, 0.6) is 0 Å². The van der Waals surface area contributed by atoms with Crippen LogP contribution in [0.4, 0.5) is 9.57 Å². The van der Waals surface area contributed by atoms with Crippen molar-refractivity contribution in [1.29, 1.82) is 0 Å². The van der Waals surface area contributed by atoms with Crippen molar-refractivity contribution in [2.75, 3.05) is 17.6 Å². The molecule has 1 N–H and O–H groups in total. The Hall–Kier alpha value is -1.10. The monoisotopic (exact) mass is 215 g/mol. The van der Waals surface area contributed by atoms with Gasteiger partial charge in [0.1, 0.15) is 0 Å². The predicted molar refractivity (Wildman–Crippen MR) is 52.6 cm³/mol. The van der Waals surface area contributed by atoms with Crippen LogP contribution in [0.25, 0.3) is 0 Å². The summed E-state index contributed by atoms with van der Waals surface area (Å²) < 4.78 is 33.5. The van der Waals surface area contributed by atoms with E-state index in [1.807, 2.05) is 24.3 Å². The maximum absolute atomic E-state index is 12.5. The number of fused-ring (bicyclic) bond motifs is 1. The van der Waals surface area contributed by atoms with Gasteiger partial charge in [-0.2, -0.15) is 8.42 Å². The molecule has 0 saturated heterocycles. The summed E-state index contributed by atoms with van der Waals surface area (Å²) in [6.45, 7) is 0.489. The minimum absolute atomic E-state index is 0.263. The van der Waals surface area contributed by atoms with Crippen molar-refractivity contribution in [3.8, 4) is 0 Å². The van der Waals surface area contributed by atoms with Crippen LogP contribution < -0.4 is 5.32 Å². The summed E-state index contributed by atoms with van der Waals surface area (Å²) in [5.74, 6) is -0.696. The molecule has 0 saturated carbocycles. The maximum atomic E-state index is 12.5. The van der Waals surface area contributed by atoms with Gasteiger partial charge < -0.3 is 5.32 Å². The van der Waals surface area contributed by atoms with Crippen LogP contribution in [-0.2, 0) is 10.2 Å². The average Bonchev–Trinajstić information content (AvgIpc) is 2.47. The first-order valence-corrected chi connectivity index (χ1v) is 5.87. The van der Waals surface area contributed by atoms with Crippen LogP contribution in [0.1, 0.15) is 11.5 Å². The lowest BCUT2D eigenvalue weighted by atomic mass is 10.0. The number of nitrogens with one attached hydrogen (secondary N) is 1. The zero-order valence-corrected chi connectivity index (χ0v) is 8.22. The van der Waals surface area contributed by atoms with E-state index in [0.717, 1.165) is 11.3 Å². The fourth-order valence-corrected chi connectivity index (χ4v) is 2.52. The van der Waals surface area contributed by atoms with E-state index in [2.05, 4.69) is 5.32 Å². The first-order valence-electron chi connectivity index (χ1n) is 4.31. The minimum Gasteiger partial charge on any atom is -0.384 e. The van der Waals surface area contributed by atoms with Crippen LogP contribution in [0.15, 0.2) is 24.3 Å². The van der Waals surface area contributed by atoms with Crippen LogP contribution in [0.3, 0.4) is 0 Å². The summed E-state index contributed by atoms with van der Waals surface area (Å²) in [4.78, 5) is 0. The molecule has 5 heteroatoms. The Kier molecular flexibility index (Phi) is 2.19.